The van der Waals surface area contributed by atoms with E-state index in [-0.39, 0.29) is 17.9 Å². The SMILES string of the molecule is CO[C@H]1CN(C(=O)Cc2cc(C)ccc2C)C[C@H]1Cc1cc(C)no1. The number of benzene rings is 1. The lowest BCUT2D eigenvalue weighted by atomic mass is 10.0. The summed E-state index contributed by atoms with van der Waals surface area (Å²) < 4.78 is 11.0. The highest BCUT2D eigenvalue weighted by atomic mass is 16.5. The molecule has 3 rings (SSSR count). The van der Waals surface area contributed by atoms with Crippen LogP contribution in [0.5, 0.6) is 0 Å². The molecule has 134 valence electrons. The van der Waals surface area contributed by atoms with Crippen molar-refractivity contribution in [2.45, 2.75) is 39.7 Å². The van der Waals surface area contributed by atoms with Crippen molar-refractivity contribution in [2.24, 2.45) is 5.92 Å². The number of aromatic nitrogens is 1. The molecule has 0 radical (unpaired) electrons. The number of amides is 1. The number of nitrogens with zero attached hydrogens (tertiary/aromatic N) is 2. The van der Waals surface area contributed by atoms with Gasteiger partial charge in [-0.15, -0.1) is 0 Å². The zero-order valence-electron chi connectivity index (χ0n) is 15.4. The van der Waals surface area contributed by atoms with E-state index in [9.17, 15) is 4.79 Å². The second-order valence-electron chi connectivity index (χ2n) is 7.08. The van der Waals surface area contributed by atoms with E-state index in [2.05, 4.69) is 37.2 Å². The minimum Gasteiger partial charge on any atom is -0.379 e. The molecule has 1 aromatic heterocycles. The normalized spacial score (nSPS) is 20.2. The Morgan fingerprint density at radius 2 is 2.08 bits per heavy atom. The van der Waals surface area contributed by atoms with Gasteiger partial charge in [0.05, 0.1) is 18.2 Å². The number of carbonyl (C=O) groups is 1. The van der Waals surface area contributed by atoms with Crippen molar-refractivity contribution in [3.8, 4) is 0 Å². The van der Waals surface area contributed by atoms with E-state index in [4.69, 9.17) is 9.26 Å². The highest BCUT2D eigenvalue weighted by Gasteiger charge is 2.36. The maximum absolute atomic E-state index is 12.8. The molecule has 1 amide bonds. The van der Waals surface area contributed by atoms with Crippen molar-refractivity contribution in [3.63, 3.8) is 0 Å². The Morgan fingerprint density at radius 3 is 2.76 bits per heavy atom. The van der Waals surface area contributed by atoms with E-state index in [0.717, 1.165) is 29.0 Å². The fourth-order valence-electron chi connectivity index (χ4n) is 3.54. The zero-order valence-corrected chi connectivity index (χ0v) is 15.4. The van der Waals surface area contributed by atoms with Crippen LogP contribution in [-0.4, -0.2) is 42.3 Å². The fourth-order valence-corrected chi connectivity index (χ4v) is 3.54. The summed E-state index contributed by atoms with van der Waals surface area (Å²) in [5, 5.41) is 3.94. The maximum Gasteiger partial charge on any atom is 0.227 e. The molecule has 0 N–H and O–H groups in total. The largest absolute Gasteiger partial charge is 0.379 e. The van der Waals surface area contributed by atoms with Crippen molar-refractivity contribution in [1.29, 1.82) is 0 Å². The van der Waals surface area contributed by atoms with E-state index in [0.29, 0.717) is 19.5 Å². The van der Waals surface area contributed by atoms with Crippen molar-refractivity contribution < 1.29 is 14.1 Å². The first-order chi connectivity index (χ1) is 12.0. The predicted molar refractivity (Wildman–Crippen MR) is 95.4 cm³/mol. The molecular formula is C20H26N2O3. The van der Waals surface area contributed by atoms with Gasteiger partial charge in [-0.1, -0.05) is 28.9 Å². The van der Waals surface area contributed by atoms with Crippen LogP contribution < -0.4 is 0 Å². The summed E-state index contributed by atoms with van der Waals surface area (Å²) in [5.74, 6) is 1.25. The number of hydrogen-bond acceptors (Lipinski definition) is 4. The van der Waals surface area contributed by atoms with Gasteiger partial charge >= 0.3 is 0 Å². The molecule has 0 bridgehead atoms. The van der Waals surface area contributed by atoms with Crippen LogP contribution in [0.15, 0.2) is 28.8 Å². The summed E-state index contributed by atoms with van der Waals surface area (Å²) in [4.78, 5) is 14.7. The lowest BCUT2D eigenvalue weighted by Gasteiger charge is -2.17. The molecule has 25 heavy (non-hydrogen) atoms. The second kappa shape index (κ2) is 7.40. The van der Waals surface area contributed by atoms with Crippen LogP contribution in [0.4, 0.5) is 0 Å². The number of aryl methyl sites for hydroxylation is 3. The molecule has 1 aliphatic heterocycles. The Balaban J connectivity index is 1.66. The summed E-state index contributed by atoms with van der Waals surface area (Å²) in [6.45, 7) is 7.36. The standard InChI is InChI=1S/C20H26N2O3/c1-13-5-6-14(2)16(7-13)10-20(23)22-11-17(19(12-22)24-4)9-18-8-15(3)21-25-18/h5-8,17,19H,9-12H2,1-4H3/t17-,19+/m1/s1. The average molecular weight is 342 g/mol. The molecule has 2 heterocycles. The molecule has 0 spiro atoms. The Labute approximate surface area is 148 Å². The Kier molecular flexibility index (Phi) is 5.23. The third-order valence-electron chi connectivity index (χ3n) is 5.02. The average Bonchev–Trinajstić information content (AvgIpc) is 3.17. The Morgan fingerprint density at radius 1 is 1.28 bits per heavy atom. The highest BCUT2D eigenvalue weighted by molar-refractivity contribution is 5.79. The molecular weight excluding hydrogens is 316 g/mol. The monoisotopic (exact) mass is 342 g/mol. The number of ether oxygens (including phenoxy) is 1. The van der Waals surface area contributed by atoms with Gasteiger partial charge in [0.25, 0.3) is 0 Å². The van der Waals surface area contributed by atoms with Gasteiger partial charge in [-0.05, 0) is 31.9 Å². The van der Waals surface area contributed by atoms with Gasteiger partial charge < -0.3 is 14.2 Å². The minimum atomic E-state index is 0.0352. The molecule has 2 atom stereocenters. The van der Waals surface area contributed by atoms with E-state index in [1.807, 2.05) is 17.9 Å². The lowest BCUT2D eigenvalue weighted by molar-refractivity contribution is -0.129. The first-order valence-corrected chi connectivity index (χ1v) is 8.75. The highest BCUT2D eigenvalue weighted by Crippen LogP contribution is 2.25. The summed E-state index contributed by atoms with van der Waals surface area (Å²) in [6.07, 6.45) is 1.22. The van der Waals surface area contributed by atoms with Crippen molar-refractivity contribution >= 4 is 5.91 Å². The molecule has 0 saturated carbocycles. The number of methoxy groups -OCH3 is 1. The summed E-state index contributed by atoms with van der Waals surface area (Å²) >= 11 is 0. The van der Waals surface area contributed by atoms with E-state index in [1.54, 1.807) is 7.11 Å². The van der Waals surface area contributed by atoms with Crippen molar-refractivity contribution in [2.75, 3.05) is 20.2 Å². The van der Waals surface area contributed by atoms with E-state index < -0.39 is 0 Å². The van der Waals surface area contributed by atoms with E-state index in [1.165, 1.54) is 5.56 Å². The summed E-state index contributed by atoms with van der Waals surface area (Å²) in [7, 11) is 1.71. The molecule has 0 unspecified atom stereocenters. The Hall–Kier alpha value is -2.14. The van der Waals surface area contributed by atoms with Gasteiger partial charge in [-0.2, -0.15) is 0 Å². The molecule has 5 heteroatoms. The summed E-state index contributed by atoms with van der Waals surface area (Å²) in [5.41, 5.74) is 4.33. The molecule has 1 saturated heterocycles. The maximum atomic E-state index is 12.8. The van der Waals surface area contributed by atoms with Crippen LogP contribution in [0.1, 0.15) is 28.1 Å². The fraction of sp³-hybridized carbons (Fsp3) is 0.500. The Bertz CT molecular complexity index is 753. The predicted octanol–water partition coefficient (Wildman–Crippen LogP) is 2.86. The van der Waals surface area contributed by atoms with Crippen LogP contribution >= 0.6 is 0 Å². The molecule has 1 aliphatic rings. The first kappa shape index (κ1) is 17.7. The van der Waals surface area contributed by atoms with Crippen LogP contribution in [0, 0.1) is 26.7 Å². The van der Waals surface area contributed by atoms with Crippen LogP contribution in [0.2, 0.25) is 0 Å². The van der Waals surface area contributed by atoms with Crippen LogP contribution in [-0.2, 0) is 22.4 Å². The number of hydrogen-bond donors (Lipinski definition) is 0. The lowest BCUT2D eigenvalue weighted by Crippen LogP contribution is -2.31. The summed E-state index contributed by atoms with van der Waals surface area (Å²) in [6, 6.07) is 8.21. The van der Waals surface area contributed by atoms with Gasteiger partial charge in [0.1, 0.15) is 5.76 Å². The molecule has 1 fully saturated rings. The number of likely N-dealkylation sites (tertiary alicyclic amines) is 1. The van der Waals surface area contributed by atoms with Gasteiger partial charge in [0, 0.05) is 38.6 Å². The third-order valence-corrected chi connectivity index (χ3v) is 5.02. The minimum absolute atomic E-state index is 0.0352. The molecule has 5 nitrogen and oxygen atoms in total. The zero-order chi connectivity index (χ0) is 18.0. The van der Waals surface area contributed by atoms with Crippen LogP contribution in [0.25, 0.3) is 0 Å². The second-order valence-corrected chi connectivity index (χ2v) is 7.08. The first-order valence-electron chi connectivity index (χ1n) is 8.75. The number of carbonyl (C=O) groups excluding carboxylic acids is 1. The molecule has 1 aromatic carbocycles. The third kappa shape index (κ3) is 4.10. The van der Waals surface area contributed by atoms with Gasteiger partial charge in [-0.3, -0.25) is 4.79 Å². The van der Waals surface area contributed by atoms with E-state index >= 15 is 0 Å². The topological polar surface area (TPSA) is 55.6 Å². The quantitative estimate of drug-likeness (QED) is 0.838. The number of rotatable bonds is 5. The molecule has 2 aromatic rings. The smallest absolute Gasteiger partial charge is 0.227 e. The molecule has 0 aliphatic carbocycles. The van der Waals surface area contributed by atoms with Crippen LogP contribution in [0.3, 0.4) is 0 Å². The van der Waals surface area contributed by atoms with Gasteiger partial charge in [-0.25, -0.2) is 0 Å². The van der Waals surface area contributed by atoms with Gasteiger partial charge in [0.15, 0.2) is 0 Å². The van der Waals surface area contributed by atoms with Crippen molar-refractivity contribution in [1.82, 2.24) is 10.1 Å². The van der Waals surface area contributed by atoms with Gasteiger partial charge in [0.2, 0.25) is 5.91 Å². The van der Waals surface area contributed by atoms with Crippen molar-refractivity contribution in [3.05, 3.63) is 52.4 Å².